The molecule has 1 N–H and O–H groups in total. The molecule has 114 valence electrons. The van der Waals surface area contributed by atoms with Crippen molar-refractivity contribution in [3.8, 4) is 0 Å². The van der Waals surface area contributed by atoms with E-state index in [-0.39, 0.29) is 6.73 Å². The fraction of sp³-hybridized carbons (Fsp3) is 0.909. The van der Waals surface area contributed by atoms with Gasteiger partial charge >= 0.3 is 13.8 Å². The molecule has 0 fully saturated rings. The van der Waals surface area contributed by atoms with Gasteiger partial charge in [-0.3, -0.25) is 4.79 Å². The van der Waals surface area contributed by atoms with Crippen LogP contribution in [0.3, 0.4) is 0 Å². The summed E-state index contributed by atoms with van der Waals surface area (Å²) in [6, 6.07) is 0. The van der Waals surface area contributed by atoms with E-state index in [1.807, 2.05) is 6.92 Å². The van der Waals surface area contributed by atoms with Gasteiger partial charge in [-0.2, -0.15) is 0 Å². The summed E-state index contributed by atoms with van der Waals surface area (Å²) in [5.41, 5.74) is -0.647. The second-order valence-corrected chi connectivity index (χ2v) is 7.39. The molecule has 1 unspecified atom stereocenters. The van der Waals surface area contributed by atoms with Crippen LogP contribution < -0.4 is 0 Å². The van der Waals surface area contributed by atoms with Crippen molar-refractivity contribution in [3.05, 3.63) is 0 Å². The van der Waals surface area contributed by atoms with Crippen LogP contribution in [0, 0.1) is 5.41 Å². The Bertz CT molecular complexity index is 350. The van der Waals surface area contributed by atoms with Gasteiger partial charge in [0.25, 0.3) is 0 Å². The summed E-state index contributed by atoms with van der Waals surface area (Å²) in [5.74, 6) is -0.485. The molecule has 0 aliphatic heterocycles. The van der Waals surface area contributed by atoms with Crippen LogP contribution in [0.5, 0.6) is 0 Å². The van der Waals surface area contributed by atoms with Gasteiger partial charge in [0, 0.05) is 0 Å². The number of esters is 1. The Kier molecular flexibility index (Phi) is 6.65. The summed E-state index contributed by atoms with van der Waals surface area (Å²) in [6.07, 6.45) is 0.598. The topological polar surface area (TPSA) is 82.1 Å². The Balaban J connectivity index is 4.13. The Hall–Kier alpha value is -0.460. The first kappa shape index (κ1) is 18.5. The van der Waals surface area contributed by atoms with Crippen molar-refractivity contribution in [2.45, 2.75) is 27.2 Å². The van der Waals surface area contributed by atoms with Crippen LogP contribution in [0.4, 0.5) is 0 Å². The third kappa shape index (κ3) is 8.34. The monoisotopic (exact) mass is 301 g/mol. The van der Waals surface area contributed by atoms with Gasteiger partial charge in [-0.15, -0.1) is 0 Å². The number of phosphoric acid groups is 1. The summed E-state index contributed by atoms with van der Waals surface area (Å²) < 4.78 is 25.9. The molecule has 19 heavy (non-hydrogen) atoms. The maximum Gasteiger partial charge on any atom is 0.479 e. The van der Waals surface area contributed by atoms with Gasteiger partial charge < -0.3 is 14.1 Å². The first-order valence-electron chi connectivity index (χ1n) is 5.99. The summed E-state index contributed by atoms with van der Waals surface area (Å²) in [4.78, 5) is 20.9. The van der Waals surface area contributed by atoms with Crippen LogP contribution >= 0.6 is 7.82 Å². The van der Waals surface area contributed by atoms with Gasteiger partial charge in [0.2, 0.25) is 6.79 Å². The standard InChI is InChI=1S/C11H24NO6P/c1-7-11(2,3)10(13)16-9-18-19(14,15)17-8-12(4,5)6/h7-9H2,1-6H3/p+1/i4+1,5+1,12+1. The number of carbonyl (C=O) groups excluding carboxylic acids is 1. The second-order valence-electron chi connectivity index (χ2n) is 5.93. The van der Waals surface area contributed by atoms with E-state index in [1.54, 1.807) is 35.0 Å². The molecular weight excluding hydrogens is 276 g/mol. The normalized spacial score (nSPS) is 15.9. The van der Waals surface area contributed by atoms with Gasteiger partial charge in [0.05, 0.1) is 26.6 Å². The lowest BCUT2D eigenvalue weighted by molar-refractivity contribution is -0.887. The number of hydrogen-bond donors (Lipinski definition) is 1. The molecular formula is C11H25NO6P+. The average Bonchev–Trinajstić information content (AvgIpc) is 2.25. The molecule has 0 rings (SSSR count). The number of hydrogen-bond acceptors (Lipinski definition) is 5. The molecule has 0 heterocycles. The predicted octanol–water partition coefficient (Wildman–Crippen LogP) is 1.72. The average molecular weight is 301 g/mol. The minimum absolute atomic E-state index is 0.00216. The highest BCUT2D eigenvalue weighted by Gasteiger charge is 2.29. The van der Waals surface area contributed by atoms with E-state index < -0.39 is 26.0 Å². The molecule has 0 saturated heterocycles. The number of rotatable bonds is 8. The highest BCUT2D eigenvalue weighted by molar-refractivity contribution is 7.47. The smallest absolute Gasteiger partial charge is 0.437 e. The molecule has 0 spiro atoms. The van der Waals surface area contributed by atoms with Crippen molar-refractivity contribution >= 4 is 13.8 Å². The maximum absolute atomic E-state index is 11.6. The first-order chi connectivity index (χ1) is 8.40. The lowest BCUT2D eigenvalue weighted by Crippen LogP contribution is -2.36. The molecule has 0 amide bonds. The van der Waals surface area contributed by atoms with Crippen LogP contribution in [-0.2, 0) is 23.1 Å². The summed E-state index contributed by atoms with van der Waals surface area (Å²) in [7, 11) is 1.19. The van der Waals surface area contributed by atoms with Gasteiger partial charge in [-0.25, -0.2) is 13.6 Å². The lowest BCUT2D eigenvalue weighted by Gasteiger charge is -2.24. The zero-order chi connectivity index (χ0) is 15.3. The number of quaternary nitrogens is 1. The van der Waals surface area contributed by atoms with Gasteiger partial charge in [0.15, 0.2) is 6.73 Å². The number of nitrogens with zero attached hydrogens (tertiary/aromatic N) is 1. The van der Waals surface area contributed by atoms with Gasteiger partial charge in [0.1, 0.15) is 0 Å². The summed E-state index contributed by atoms with van der Waals surface area (Å²) in [5, 5.41) is 0. The summed E-state index contributed by atoms with van der Waals surface area (Å²) >= 11 is 0. The molecule has 0 aromatic heterocycles. The van der Waals surface area contributed by atoms with Crippen molar-refractivity contribution in [1.29, 1.82) is 0 Å². The Morgan fingerprint density at radius 3 is 2.21 bits per heavy atom. The number of ether oxygens (including phenoxy) is 1. The van der Waals surface area contributed by atoms with Crippen LogP contribution in [-0.4, -0.2) is 50.0 Å². The van der Waals surface area contributed by atoms with E-state index in [0.29, 0.717) is 10.9 Å². The van der Waals surface area contributed by atoms with E-state index in [2.05, 4.69) is 4.52 Å². The maximum atomic E-state index is 11.6. The largest absolute Gasteiger partial charge is 0.479 e. The van der Waals surface area contributed by atoms with Crippen LogP contribution in [0.2, 0.25) is 0 Å². The Labute approximate surface area is 114 Å². The minimum Gasteiger partial charge on any atom is -0.437 e. The molecule has 0 saturated carbocycles. The van der Waals surface area contributed by atoms with Crippen LogP contribution in [0.25, 0.3) is 0 Å². The van der Waals surface area contributed by atoms with E-state index in [4.69, 9.17) is 9.26 Å². The van der Waals surface area contributed by atoms with Crippen LogP contribution in [0.15, 0.2) is 0 Å². The van der Waals surface area contributed by atoms with Crippen molar-refractivity contribution < 1.29 is 32.5 Å². The van der Waals surface area contributed by atoms with Crippen molar-refractivity contribution in [3.63, 3.8) is 0 Å². The van der Waals surface area contributed by atoms with Gasteiger partial charge in [-0.1, -0.05) is 6.92 Å². The third-order valence-corrected chi connectivity index (χ3v) is 3.32. The van der Waals surface area contributed by atoms with Crippen molar-refractivity contribution in [2.24, 2.45) is 5.41 Å². The van der Waals surface area contributed by atoms with E-state index in [0.717, 1.165) is 0 Å². The molecule has 0 aliphatic rings. The van der Waals surface area contributed by atoms with Crippen molar-refractivity contribution in [2.75, 3.05) is 34.7 Å². The van der Waals surface area contributed by atoms with E-state index in [1.165, 1.54) is 0 Å². The van der Waals surface area contributed by atoms with E-state index in [9.17, 15) is 14.3 Å². The first-order valence-corrected chi connectivity index (χ1v) is 7.49. The molecule has 0 aliphatic carbocycles. The fourth-order valence-electron chi connectivity index (χ4n) is 0.770. The molecule has 0 radical (unpaired) electrons. The van der Waals surface area contributed by atoms with Crippen molar-refractivity contribution in [1.82, 2.24) is 0 Å². The fourth-order valence-corrected chi connectivity index (χ4v) is 1.52. The molecule has 0 aromatic rings. The molecule has 8 heteroatoms. The molecule has 1 atom stereocenters. The summed E-state index contributed by atoms with van der Waals surface area (Å²) in [6.45, 7) is 4.70. The molecule has 0 bridgehead atoms. The Morgan fingerprint density at radius 2 is 1.79 bits per heavy atom. The highest BCUT2D eigenvalue weighted by Crippen LogP contribution is 2.43. The SMILES string of the molecule is CCC(C)(C)C(=O)OCOP(=O)(O)OC[15N+](C)([13CH3])[13CH3]. The minimum atomic E-state index is -4.20. The number of carbonyl (C=O) groups is 1. The third-order valence-electron chi connectivity index (χ3n) is 2.45. The predicted molar refractivity (Wildman–Crippen MR) is 69.9 cm³/mol. The lowest BCUT2D eigenvalue weighted by atomic mass is 9.91. The van der Waals surface area contributed by atoms with Crippen LogP contribution in [0.1, 0.15) is 27.2 Å². The highest BCUT2D eigenvalue weighted by atomic mass is 31.2. The molecule has 0 aromatic carbocycles. The number of phosphoric ester groups is 1. The quantitative estimate of drug-likeness (QED) is 0.184. The van der Waals surface area contributed by atoms with Gasteiger partial charge in [-0.05, 0) is 20.3 Å². The van der Waals surface area contributed by atoms with E-state index >= 15 is 0 Å². The zero-order valence-corrected chi connectivity index (χ0v) is 13.4. The second kappa shape index (κ2) is 6.81. The Morgan fingerprint density at radius 1 is 1.26 bits per heavy atom. The molecule has 7 nitrogen and oxygen atoms in total. The zero-order valence-electron chi connectivity index (χ0n) is 12.5.